The smallest absolute Gasteiger partial charge is 0.410 e. The molecule has 11 nitrogen and oxygen atoms in total. The Morgan fingerprint density at radius 2 is 1.67 bits per heavy atom. The molecule has 3 heterocycles. The van der Waals surface area contributed by atoms with Crippen LogP contribution in [-0.4, -0.2) is 79.3 Å². The number of nitrogens with one attached hydrogen (secondary N) is 1. The van der Waals surface area contributed by atoms with E-state index >= 15 is 4.79 Å². The van der Waals surface area contributed by atoms with Crippen LogP contribution < -0.4 is 9.46 Å². The second-order valence-electron chi connectivity index (χ2n) is 16.8. The summed E-state index contributed by atoms with van der Waals surface area (Å²) >= 11 is 0. The molecule has 1 saturated heterocycles. The van der Waals surface area contributed by atoms with Crippen LogP contribution in [0.25, 0.3) is 22.2 Å². The van der Waals surface area contributed by atoms with Crippen molar-refractivity contribution in [3.63, 3.8) is 0 Å². The van der Waals surface area contributed by atoms with Crippen molar-refractivity contribution in [2.75, 3.05) is 33.0 Å². The number of fused-ring (bicyclic) bond motifs is 7. The molecule has 0 spiro atoms. The molecule has 12 heteroatoms. The van der Waals surface area contributed by atoms with Gasteiger partial charge in [-0.1, -0.05) is 55.7 Å². The summed E-state index contributed by atoms with van der Waals surface area (Å²) in [6, 6.07) is 21.1. The number of benzene rings is 3. The van der Waals surface area contributed by atoms with Gasteiger partial charge in [0.2, 0.25) is 15.9 Å². The van der Waals surface area contributed by atoms with E-state index in [9.17, 15) is 18.0 Å². The summed E-state index contributed by atoms with van der Waals surface area (Å²) in [5.41, 5.74) is 4.96. The Kier molecular flexibility index (Phi) is 9.26. The van der Waals surface area contributed by atoms with Gasteiger partial charge in [0.25, 0.3) is 5.91 Å². The van der Waals surface area contributed by atoms with Crippen LogP contribution in [0.4, 0.5) is 4.79 Å². The number of rotatable bonds is 6. The lowest BCUT2D eigenvalue weighted by Gasteiger charge is -2.43. The van der Waals surface area contributed by atoms with E-state index in [1.54, 1.807) is 24.1 Å². The van der Waals surface area contributed by atoms with Gasteiger partial charge >= 0.3 is 6.09 Å². The van der Waals surface area contributed by atoms with E-state index in [0.29, 0.717) is 38.5 Å². The van der Waals surface area contributed by atoms with E-state index in [1.165, 1.54) is 12.0 Å². The van der Waals surface area contributed by atoms with E-state index in [0.717, 1.165) is 71.0 Å². The summed E-state index contributed by atoms with van der Waals surface area (Å²) in [6.07, 6.45) is 6.74. The maximum absolute atomic E-state index is 15.5. The summed E-state index contributed by atoms with van der Waals surface area (Å²) in [4.78, 5) is 45.8. The Morgan fingerprint density at radius 1 is 0.927 bits per heavy atom. The van der Waals surface area contributed by atoms with Gasteiger partial charge in [0.15, 0.2) is 0 Å². The average Bonchev–Trinajstić information content (AvgIpc) is 3.83. The van der Waals surface area contributed by atoms with Gasteiger partial charge in [-0.15, -0.1) is 0 Å². The zero-order valence-electron chi connectivity index (χ0n) is 32.3. The number of hydrogen-bond donors (Lipinski definition) is 1. The molecule has 2 aliphatic carbocycles. The Hall–Kier alpha value is -4.84. The molecular weight excluding hydrogens is 717 g/mol. The van der Waals surface area contributed by atoms with Crippen LogP contribution in [-0.2, 0) is 26.1 Å². The third-order valence-corrected chi connectivity index (χ3v) is 12.5. The third kappa shape index (κ3) is 6.87. The zero-order chi connectivity index (χ0) is 38.9. The molecule has 3 fully saturated rings. The highest BCUT2D eigenvalue weighted by atomic mass is 32.2. The first-order chi connectivity index (χ1) is 26.2. The molecule has 55 heavy (non-hydrogen) atoms. The number of methoxy groups -OCH3 is 1. The molecular formula is C43H50N4O7S. The monoisotopic (exact) mass is 766 g/mol. The topological polar surface area (TPSA) is 127 Å². The molecule has 8 rings (SSSR count). The van der Waals surface area contributed by atoms with Gasteiger partial charge in [-0.05, 0) is 93.0 Å². The minimum absolute atomic E-state index is 0.0313. The molecule has 4 aromatic rings. The van der Waals surface area contributed by atoms with E-state index < -0.39 is 33.0 Å². The van der Waals surface area contributed by atoms with Gasteiger partial charge in [-0.25, -0.2) is 17.9 Å². The number of sulfonamides is 1. The number of carbonyl (C=O) groups is 3. The van der Waals surface area contributed by atoms with Crippen LogP contribution in [0.2, 0.25) is 0 Å². The lowest BCUT2D eigenvalue weighted by molar-refractivity contribution is -0.143. The van der Waals surface area contributed by atoms with Crippen molar-refractivity contribution in [3.8, 4) is 17.0 Å². The van der Waals surface area contributed by atoms with Crippen LogP contribution in [0.1, 0.15) is 104 Å². The fraction of sp³-hybridized carbons (Fsp3) is 0.465. The summed E-state index contributed by atoms with van der Waals surface area (Å²) in [5.74, 6) is 0.271. The van der Waals surface area contributed by atoms with Gasteiger partial charge in [0.05, 0.1) is 30.5 Å². The number of amides is 3. The Morgan fingerprint density at radius 3 is 2.36 bits per heavy atom. The first kappa shape index (κ1) is 37.1. The number of ether oxygens (including phenoxy) is 2. The predicted molar refractivity (Wildman–Crippen MR) is 211 cm³/mol. The van der Waals surface area contributed by atoms with Gasteiger partial charge in [0, 0.05) is 54.1 Å². The highest BCUT2D eigenvalue weighted by Crippen LogP contribution is 2.66. The molecule has 0 radical (unpaired) electrons. The van der Waals surface area contributed by atoms with Crippen LogP contribution in [0.5, 0.6) is 5.75 Å². The van der Waals surface area contributed by atoms with Crippen LogP contribution in [0.3, 0.4) is 0 Å². The fourth-order valence-electron chi connectivity index (χ4n) is 9.41. The van der Waals surface area contributed by atoms with Crippen molar-refractivity contribution in [2.24, 2.45) is 5.41 Å². The van der Waals surface area contributed by atoms with Gasteiger partial charge in [0.1, 0.15) is 11.4 Å². The second kappa shape index (κ2) is 13.7. The standard InChI is InChI=1S/C43H50N4O7S/c1-42(2,3)54-41(50)45-20-21-46(36(25-45)27-12-8-6-9-13-27)40(49)43-24-34(43)33-23-30(53-4)17-19-31(33)38-37(28-14-10-7-11-15-28)32-18-16-29(22-35(32)47(38)26-43)39(48)44-55(5,51)52/h6,8-9,12-13,16-19,22-23,28,34,36H,7,10-11,14-15,20-21,24-26H2,1-5H3,(H,44,48)/t34?,36-,43?/m0/s1. The van der Waals surface area contributed by atoms with E-state index in [1.807, 2.05) is 68.1 Å². The minimum atomic E-state index is -3.79. The Balaban J connectivity index is 1.27. The molecule has 2 saturated carbocycles. The van der Waals surface area contributed by atoms with Gasteiger partial charge in [-0.2, -0.15) is 0 Å². The van der Waals surface area contributed by atoms with Crippen molar-refractivity contribution in [1.82, 2.24) is 19.1 Å². The SMILES string of the molecule is COc1ccc2c(c1)C1CC1(C(=O)N1CCN(C(=O)OC(C)(C)C)C[C@H]1c1ccccc1)Cn1c-2c(C2CCCCC2)c2ccc(C(=O)NS(C)(=O)=O)cc21. The van der Waals surface area contributed by atoms with Crippen molar-refractivity contribution in [1.29, 1.82) is 0 Å². The normalized spacial score (nSPS) is 22.6. The average molecular weight is 767 g/mol. The van der Waals surface area contributed by atoms with Crippen LogP contribution >= 0.6 is 0 Å². The molecule has 1 aromatic heterocycles. The van der Waals surface area contributed by atoms with E-state index in [2.05, 4.69) is 21.4 Å². The summed E-state index contributed by atoms with van der Waals surface area (Å²) in [7, 11) is -2.13. The molecule has 2 unspecified atom stereocenters. The maximum Gasteiger partial charge on any atom is 0.410 e. The molecule has 1 N–H and O–H groups in total. The molecule has 3 atom stereocenters. The molecule has 290 valence electrons. The fourth-order valence-corrected chi connectivity index (χ4v) is 9.87. The maximum atomic E-state index is 15.5. The Bertz CT molecular complexity index is 2290. The van der Waals surface area contributed by atoms with E-state index in [4.69, 9.17) is 9.47 Å². The highest BCUT2D eigenvalue weighted by Gasteiger charge is 2.64. The third-order valence-electron chi connectivity index (χ3n) is 12.0. The van der Waals surface area contributed by atoms with Gasteiger partial charge < -0.3 is 23.8 Å². The molecule has 3 amide bonds. The summed E-state index contributed by atoms with van der Waals surface area (Å²) in [5, 5.41) is 1.02. The molecule has 0 bridgehead atoms. The summed E-state index contributed by atoms with van der Waals surface area (Å²) < 4.78 is 40.1. The van der Waals surface area contributed by atoms with Crippen molar-refractivity contribution in [3.05, 3.63) is 89.0 Å². The largest absolute Gasteiger partial charge is 0.497 e. The summed E-state index contributed by atoms with van der Waals surface area (Å²) in [6.45, 7) is 6.94. The van der Waals surface area contributed by atoms with Crippen LogP contribution in [0, 0.1) is 5.41 Å². The van der Waals surface area contributed by atoms with Crippen molar-refractivity contribution in [2.45, 2.75) is 89.3 Å². The number of carbonyl (C=O) groups excluding carboxylic acids is 3. The lowest BCUT2D eigenvalue weighted by Crippen LogP contribution is -2.55. The van der Waals surface area contributed by atoms with Crippen LogP contribution in [0.15, 0.2) is 66.7 Å². The molecule has 4 aliphatic rings. The minimum Gasteiger partial charge on any atom is -0.497 e. The number of aromatic nitrogens is 1. The zero-order valence-corrected chi connectivity index (χ0v) is 33.1. The first-order valence-corrected chi connectivity index (χ1v) is 21.3. The first-order valence-electron chi connectivity index (χ1n) is 19.4. The molecule has 2 aliphatic heterocycles. The Labute approximate surface area is 323 Å². The van der Waals surface area contributed by atoms with E-state index in [-0.39, 0.29) is 23.4 Å². The van der Waals surface area contributed by atoms with Gasteiger partial charge in [-0.3, -0.25) is 9.59 Å². The lowest BCUT2D eigenvalue weighted by atomic mass is 9.81. The predicted octanol–water partition coefficient (Wildman–Crippen LogP) is 7.36. The number of nitrogens with zero attached hydrogens (tertiary/aromatic N) is 3. The quantitative estimate of drug-likeness (QED) is 0.217. The number of piperazine rings is 1. The van der Waals surface area contributed by atoms with Crippen molar-refractivity contribution < 1.29 is 32.3 Å². The number of hydrogen-bond acceptors (Lipinski definition) is 7. The molecule has 3 aromatic carbocycles. The van der Waals surface area contributed by atoms with Crippen molar-refractivity contribution >= 4 is 38.8 Å². The highest BCUT2D eigenvalue weighted by molar-refractivity contribution is 7.89. The second-order valence-corrected chi connectivity index (χ2v) is 18.6.